The fourth-order valence-corrected chi connectivity index (χ4v) is 3.20. The number of anilines is 1. The Bertz CT molecular complexity index is 841. The molecule has 2 aromatic rings. The van der Waals surface area contributed by atoms with E-state index in [4.69, 9.17) is 9.47 Å². The smallest absolute Gasteiger partial charge is 0.277 e. The minimum absolute atomic E-state index is 0.0733. The van der Waals surface area contributed by atoms with E-state index < -0.39 is 0 Å². The van der Waals surface area contributed by atoms with Gasteiger partial charge in [0, 0.05) is 18.8 Å². The number of benzene rings is 2. The predicted octanol–water partition coefficient (Wildman–Crippen LogP) is 3.48. The Morgan fingerprint density at radius 3 is 2.62 bits per heavy atom. The van der Waals surface area contributed by atoms with Gasteiger partial charge in [-0.25, -0.2) is 5.43 Å². The molecular formula is C23H29N3O3. The van der Waals surface area contributed by atoms with Crippen LogP contribution in [0.3, 0.4) is 0 Å². The van der Waals surface area contributed by atoms with E-state index >= 15 is 0 Å². The highest BCUT2D eigenvalue weighted by atomic mass is 16.5. The normalized spacial score (nSPS) is 14.4. The van der Waals surface area contributed by atoms with Gasteiger partial charge in [-0.05, 0) is 42.2 Å². The third-order valence-electron chi connectivity index (χ3n) is 4.82. The van der Waals surface area contributed by atoms with E-state index in [0.717, 1.165) is 43.2 Å². The first-order valence-corrected chi connectivity index (χ1v) is 10.0. The maximum atomic E-state index is 12.0. The standard InChI is InChI=1S/C23H29N3O3/c1-17(2)21-14-18(3)4-9-22(21)29-16-23(27)25-24-15-19-5-7-20(8-6-19)26-10-12-28-13-11-26/h4-9,14-15,17H,10-13,16H2,1-3H3,(H,25,27). The molecule has 3 rings (SSSR count). The molecule has 1 amide bonds. The summed E-state index contributed by atoms with van der Waals surface area (Å²) in [6.07, 6.45) is 1.63. The van der Waals surface area contributed by atoms with Crippen molar-refractivity contribution in [1.82, 2.24) is 5.43 Å². The number of carbonyl (C=O) groups excluding carboxylic acids is 1. The average Bonchev–Trinajstić information content (AvgIpc) is 2.74. The monoisotopic (exact) mass is 395 g/mol. The summed E-state index contributed by atoms with van der Waals surface area (Å²) in [4.78, 5) is 14.3. The lowest BCUT2D eigenvalue weighted by Gasteiger charge is -2.28. The van der Waals surface area contributed by atoms with Crippen LogP contribution in [0.2, 0.25) is 0 Å². The quantitative estimate of drug-likeness (QED) is 0.576. The molecular weight excluding hydrogens is 366 g/mol. The van der Waals surface area contributed by atoms with E-state index in [9.17, 15) is 4.79 Å². The lowest BCUT2D eigenvalue weighted by atomic mass is 10.00. The fraction of sp³-hybridized carbons (Fsp3) is 0.391. The van der Waals surface area contributed by atoms with Gasteiger partial charge >= 0.3 is 0 Å². The summed E-state index contributed by atoms with van der Waals surface area (Å²) >= 11 is 0. The molecule has 29 heavy (non-hydrogen) atoms. The number of nitrogens with zero attached hydrogens (tertiary/aromatic N) is 2. The van der Waals surface area contributed by atoms with Crippen LogP contribution in [-0.2, 0) is 9.53 Å². The predicted molar refractivity (Wildman–Crippen MR) is 116 cm³/mol. The van der Waals surface area contributed by atoms with Crippen molar-refractivity contribution < 1.29 is 14.3 Å². The summed E-state index contributed by atoms with van der Waals surface area (Å²) in [6.45, 7) is 9.52. The Kier molecular flexibility index (Phi) is 7.25. The highest BCUT2D eigenvalue weighted by Crippen LogP contribution is 2.27. The third-order valence-corrected chi connectivity index (χ3v) is 4.82. The number of ether oxygens (including phenoxy) is 2. The Morgan fingerprint density at radius 1 is 1.21 bits per heavy atom. The zero-order chi connectivity index (χ0) is 20.6. The average molecular weight is 396 g/mol. The molecule has 1 fully saturated rings. The molecule has 1 N–H and O–H groups in total. The first-order valence-electron chi connectivity index (χ1n) is 10.0. The number of hydrogen-bond acceptors (Lipinski definition) is 5. The van der Waals surface area contributed by atoms with Gasteiger partial charge in [-0.2, -0.15) is 5.10 Å². The molecule has 2 aromatic carbocycles. The summed E-state index contributed by atoms with van der Waals surface area (Å²) in [5.74, 6) is 0.774. The number of amides is 1. The van der Waals surface area contributed by atoms with Crippen molar-refractivity contribution in [3.05, 3.63) is 59.2 Å². The van der Waals surface area contributed by atoms with Gasteiger partial charge in [0.1, 0.15) is 5.75 Å². The molecule has 0 radical (unpaired) electrons. The van der Waals surface area contributed by atoms with Crippen molar-refractivity contribution >= 4 is 17.8 Å². The summed E-state index contributed by atoms with van der Waals surface area (Å²) in [7, 11) is 0. The highest BCUT2D eigenvalue weighted by Gasteiger charge is 2.11. The van der Waals surface area contributed by atoms with Crippen molar-refractivity contribution in [1.29, 1.82) is 0 Å². The van der Waals surface area contributed by atoms with Crippen LogP contribution < -0.4 is 15.1 Å². The van der Waals surface area contributed by atoms with Crippen molar-refractivity contribution in [3.63, 3.8) is 0 Å². The molecule has 0 atom stereocenters. The Hall–Kier alpha value is -2.86. The summed E-state index contributed by atoms with van der Waals surface area (Å²) < 4.78 is 11.1. The van der Waals surface area contributed by atoms with Gasteiger partial charge in [0.05, 0.1) is 19.4 Å². The zero-order valence-corrected chi connectivity index (χ0v) is 17.4. The maximum absolute atomic E-state index is 12.0. The maximum Gasteiger partial charge on any atom is 0.277 e. The molecule has 0 aromatic heterocycles. The van der Waals surface area contributed by atoms with Crippen molar-refractivity contribution in [2.75, 3.05) is 37.8 Å². The molecule has 1 aliphatic heterocycles. The van der Waals surface area contributed by atoms with E-state index in [-0.39, 0.29) is 12.5 Å². The molecule has 1 aliphatic rings. The SMILES string of the molecule is Cc1ccc(OCC(=O)NN=Cc2ccc(N3CCOCC3)cc2)c(C(C)C)c1. The van der Waals surface area contributed by atoms with Crippen LogP contribution in [0.1, 0.15) is 36.5 Å². The first-order chi connectivity index (χ1) is 14.0. The Morgan fingerprint density at radius 2 is 1.93 bits per heavy atom. The van der Waals surface area contributed by atoms with Crippen LogP contribution in [0, 0.1) is 6.92 Å². The van der Waals surface area contributed by atoms with E-state index in [1.54, 1.807) is 6.21 Å². The summed E-state index contributed by atoms with van der Waals surface area (Å²) in [6, 6.07) is 14.1. The zero-order valence-electron chi connectivity index (χ0n) is 17.4. The second-order valence-electron chi connectivity index (χ2n) is 7.47. The van der Waals surface area contributed by atoms with E-state index in [0.29, 0.717) is 5.92 Å². The molecule has 0 unspecified atom stereocenters. The van der Waals surface area contributed by atoms with Gasteiger partial charge < -0.3 is 14.4 Å². The number of morpholine rings is 1. The van der Waals surface area contributed by atoms with Gasteiger partial charge in [0.25, 0.3) is 5.91 Å². The number of hydrogen-bond donors (Lipinski definition) is 1. The van der Waals surface area contributed by atoms with Gasteiger partial charge in [0.15, 0.2) is 6.61 Å². The second kappa shape index (κ2) is 10.1. The summed E-state index contributed by atoms with van der Waals surface area (Å²) in [5.41, 5.74) is 6.88. The number of carbonyl (C=O) groups is 1. The minimum Gasteiger partial charge on any atom is -0.483 e. The number of rotatable bonds is 7. The van der Waals surface area contributed by atoms with Crippen LogP contribution in [0.5, 0.6) is 5.75 Å². The van der Waals surface area contributed by atoms with Crippen LogP contribution in [0.4, 0.5) is 5.69 Å². The van der Waals surface area contributed by atoms with Crippen LogP contribution >= 0.6 is 0 Å². The van der Waals surface area contributed by atoms with Crippen molar-refractivity contribution in [2.45, 2.75) is 26.7 Å². The number of aryl methyl sites for hydroxylation is 1. The Balaban J connectivity index is 1.48. The van der Waals surface area contributed by atoms with E-state index in [1.165, 1.54) is 11.3 Å². The topological polar surface area (TPSA) is 63.2 Å². The molecule has 0 aliphatic carbocycles. The van der Waals surface area contributed by atoms with E-state index in [1.807, 2.05) is 31.2 Å². The number of hydrazone groups is 1. The molecule has 0 saturated carbocycles. The van der Waals surface area contributed by atoms with Gasteiger partial charge in [-0.1, -0.05) is 43.7 Å². The first kappa shape index (κ1) is 20.9. The molecule has 6 nitrogen and oxygen atoms in total. The highest BCUT2D eigenvalue weighted by molar-refractivity contribution is 5.83. The molecule has 0 bridgehead atoms. The van der Waals surface area contributed by atoms with Crippen molar-refractivity contribution in [3.8, 4) is 5.75 Å². The summed E-state index contributed by atoms with van der Waals surface area (Å²) in [5, 5.41) is 4.03. The van der Waals surface area contributed by atoms with Gasteiger partial charge in [-0.15, -0.1) is 0 Å². The minimum atomic E-state index is -0.290. The van der Waals surface area contributed by atoms with Crippen molar-refractivity contribution in [2.24, 2.45) is 5.10 Å². The molecule has 154 valence electrons. The largest absolute Gasteiger partial charge is 0.483 e. The van der Waals surface area contributed by atoms with Crippen LogP contribution in [-0.4, -0.2) is 45.0 Å². The molecule has 0 spiro atoms. The second-order valence-corrected chi connectivity index (χ2v) is 7.47. The number of nitrogens with one attached hydrogen (secondary N) is 1. The van der Waals surface area contributed by atoms with E-state index in [2.05, 4.69) is 47.5 Å². The van der Waals surface area contributed by atoms with Crippen LogP contribution in [0.15, 0.2) is 47.6 Å². The fourth-order valence-electron chi connectivity index (χ4n) is 3.20. The lowest BCUT2D eigenvalue weighted by Crippen LogP contribution is -2.36. The van der Waals surface area contributed by atoms with Gasteiger partial charge in [-0.3, -0.25) is 4.79 Å². The van der Waals surface area contributed by atoms with Gasteiger partial charge in [0.2, 0.25) is 0 Å². The molecule has 1 saturated heterocycles. The molecule has 6 heteroatoms. The van der Waals surface area contributed by atoms with Crippen LogP contribution in [0.25, 0.3) is 0 Å². The Labute approximate surface area is 172 Å². The third kappa shape index (κ3) is 6.06. The lowest BCUT2D eigenvalue weighted by molar-refractivity contribution is -0.123. The molecule has 1 heterocycles.